The van der Waals surface area contributed by atoms with Crippen LogP contribution in [-0.2, 0) is 0 Å². The number of rotatable bonds is 10. The molecule has 0 aliphatic heterocycles. The van der Waals surface area contributed by atoms with Gasteiger partial charge in [-0.05, 0) is 138 Å². The minimum atomic E-state index is 1.15. The van der Waals surface area contributed by atoms with E-state index >= 15 is 0 Å². The molecule has 0 aliphatic carbocycles. The molecule has 0 aliphatic rings. The third kappa shape index (κ3) is 8.39. The fourth-order valence-electron chi connectivity index (χ4n) is 11.2. The molecule has 74 heavy (non-hydrogen) atoms. The monoisotopic (exact) mass is 938 g/mol. The van der Waals surface area contributed by atoms with Crippen LogP contribution in [0.15, 0.2) is 279 Å². The van der Waals surface area contributed by atoms with E-state index in [2.05, 4.69) is 303 Å². The summed E-state index contributed by atoms with van der Waals surface area (Å²) in [7, 11) is 0. The van der Waals surface area contributed by atoms with Gasteiger partial charge in [-0.2, -0.15) is 0 Å². The molecule has 0 nitrogen and oxygen atoms in total. The summed E-state index contributed by atoms with van der Waals surface area (Å²) < 4.78 is 0. The van der Waals surface area contributed by atoms with Crippen molar-refractivity contribution in [3.63, 3.8) is 0 Å². The maximum Gasteiger partial charge on any atom is -0.00261 e. The van der Waals surface area contributed by atoms with Crippen LogP contribution >= 0.6 is 0 Å². The molecule has 0 atom stereocenters. The summed E-state index contributed by atoms with van der Waals surface area (Å²) in [5.41, 5.74) is 19.3. The summed E-state index contributed by atoms with van der Waals surface area (Å²) in [6.45, 7) is 0. The van der Waals surface area contributed by atoms with Crippen LogP contribution < -0.4 is 0 Å². The smallest absolute Gasteiger partial charge is 0.00261 e. The lowest BCUT2D eigenvalue weighted by Crippen LogP contribution is -1.92. The maximum atomic E-state index is 2.44. The van der Waals surface area contributed by atoms with Crippen LogP contribution in [0.1, 0.15) is 22.3 Å². The molecule has 13 aromatic carbocycles. The highest BCUT2D eigenvalue weighted by molar-refractivity contribution is 6.22. The van der Waals surface area contributed by atoms with Crippen LogP contribution in [0.2, 0.25) is 0 Å². The molecule has 0 amide bonds. The zero-order chi connectivity index (χ0) is 49.2. The van der Waals surface area contributed by atoms with E-state index < -0.39 is 0 Å². The second-order valence-corrected chi connectivity index (χ2v) is 19.1. The van der Waals surface area contributed by atoms with Gasteiger partial charge in [-0.15, -0.1) is 0 Å². The Kier molecular flexibility index (Phi) is 11.7. The zero-order valence-electron chi connectivity index (χ0n) is 40.9. The predicted octanol–water partition coefficient (Wildman–Crippen LogP) is 20.6. The van der Waals surface area contributed by atoms with Crippen molar-refractivity contribution in [1.29, 1.82) is 0 Å². The minimum absolute atomic E-state index is 1.15. The first kappa shape index (κ1) is 44.3. The zero-order valence-corrected chi connectivity index (χ0v) is 40.9. The standard InChI is InChI=1S/C74H50/c1-2-18-53(19-3-1)61-26-12-13-31-66(61)60-48-49-71-72(50-60)74(59-46-40-52(41-47-59)37-43-57-23-7-11-30-65(57)68-35-17-25-55-21-5-9-28-63(55)68)70-33-15-14-32-69(70)73(71)58-44-38-51(39-45-58)36-42-56-22-6-10-29-64(56)67-34-16-24-54-20-4-8-27-62(54)67/h1-50H/b42-36+,43-37+. The third-order valence-corrected chi connectivity index (χ3v) is 14.7. The highest BCUT2D eigenvalue weighted by Gasteiger charge is 2.19. The van der Waals surface area contributed by atoms with Gasteiger partial charge in [-0.3, -0.25) is 0 Å². The van der Waals surface area contributed by atoms with Crippen LogP contribution in [0.3, 0.4) is 0 Å². The van der Waals surface area contributed by atoms with E-state index in [-0.39, 0.29) is 0 Å². The van der Waals surface area contributed by atoms with E-state index in [4.69, 9.17) is 0 Å². The van der Waals surface area contributed by atoms with Crippen molar-refractivity contribution in [3.05, 3.63) is 301 Å². The summed E-state index contributed by atoms with van der Waals surface area (Å²) in [5, 5.41) is 9.92. The van der Waals surface area contributed by atoms with E-state index in [1.54, 1.807) is 0 Å². The van der Waals surface area contributed by atoms with Gasteiger partial charge in [0.2, 0.25) is 0 Å². The average Bonchev–Trinajstić information content (AvgIpc) is 3.48. The first-order chi connectivity index (χ1) is 36.7. The topological polar surface area (TPSA) is 0 Å². The van der Waals surface area contributed by atoms with Crippen LogP contribution in [0, 0.1) is 0 Å². The second kappa shape index (κ2) is 19.5. The lowest BCUT2D eigenvalue weighted by Gasteiger charge is -2.19. The highest BCUT2D eigenvalue weighted by atomic mass is 14.2. The Morgan fingerprint density at radius 2 is 0.554 bits per heavy atom. The van der Waals surface area contributed by atoms with E-state index in [9.17, 15) is 0 Å². The summed E-state index contributed by atoms with van der Waals surface area (Å²) >= 11 is 0. The Balaban J connectivity index is 0.908. The molecule has 0 radical (unpaired) electrons. The molecule has 0 aromatic heterocycles. The fraction of sp³-hybridized carbons (Fsp3) is 0. The van der Waals surface area contributed by atoms with Crippen LogP contribution in [0.5, 0.6) is 0 Å². The highest BCUT2D eigenvalue weighted by Crippen LogP contribution is 2.46. The average molecular weight is 939 g/mol. The number of hydrogen-bond acceptors (Lipinski definition) is 0. The molecular formula is C74H50. The Labute approximate surface area is 433 Å². The van der Waals surface area contributed by atoms with E-state index in [0.29, 0.717) is 0 Å². The number of fused-ring (bicyclic) bond motifs is 4. The quantitative estimate of drug-likeness (QED) is 0.0947. The normalized spacial score (nSPS) is 11.7. The Morgan fingerprint density at radius 3 is 1.08 bits per heavy atom. The summed E-state index contributed by atoms with van der Waals surface area (Å²) in [4.78, 5) is 0. The van der Waals surface area contributed by atoms with Crippen LogP contribution in [0.25, 0.3) is 134 Å². The van der Waals surface area contributed by atoms with Gasteiger partial charge in [0.05, 0.1) is 0 Å². The van der Waals surface area contributed by atoms with Crippen LogP contribution in [0.4, 0.5) is 0 Å². The van der Waals surface area contributed by atoms with E-state index in [1.165, 1.54) is 121 Å². The van der Waals surface area contributed by atoms with Crippen molar-refractivity contribution in [2.45, 2.75) is 0 Å². The molecule has 0 heteroatoms. The molecule has 0 unspecified atom stereocenters. The molecule has 0 fully saturated rings. The van der Waals surface area contributed by atoms with Gasteiger partial charge in [-0.1, -0.05) is 297 Å². The number of hydrogen-bond donors (Lipinski definition) is 0. The molecule has 13 rings (SSSR count). The van der Waals surface area contributed by atoms with Crippen molar-refractivity contribution < 1.29 is 0 Å². The summed E-state index contributed by atoms with van der Waals surface area (Å²) in [6.07, 6.45) is 9.00. The van der Waals surface area contributed by atoms with Crippen molar-refractivity contribution in [3.8, 4) is 66.8 Å². The third-order valence-electron chi connectivity index (χ3n) is 14.7. The van der Waals surface area contributed by atoms with Gasteiger partial charge in [0.1, 0.15) is 0 Å². The van der Waals surface area contributed by atoms with Crippen molar-refractivity contribution in [1.82, 2.24) is 0 Å². The molecule has 0 saturated heterocycles. The summed E-state index contributed by atoms with van der Waals surface area (Å²) in [5.74, 6) is 0. The van der Waals surface area contributed by atoms with Crippen molar-refractivity contribution in [2.24, 2.45) is 0 Å². The minimum Gasteiger partial charge on any atom is -0.0622 e. The lowest BCUT2D eigenvalue weighted by atomic mass is 9.84. The first-order valence-electron chi connectivity index (χ1n) is 25.6. The van der Waals surface area contributed by atoms with Crippen molar-refractivity contribution >= 4 is 67.4 Å². The lowest BCUT2D eigenvalue weighted by molar-refractivity contribution is 1.59. The fourth-order valence-corrected chi connectivity index (χ4v) is 11.2. The molecule has 0 spiro atoms. The molecule has 0 saturated carbocycles. The first-order valence-corrected chi connectivity index (χ1v) is 25.6. The predicted molar refractivity (Wildman–Crippen MR) is 320 cm³/mol. The van der Waals surface area contributed by atoms with E-state index in [1.807, 2.05) is 0 Å². The molecule has 0 N–H and O–H groups in total. The second-order valence-electron chi connectivity index (χ2n) is 19.1. The maximum absolute atomic E-state index is 2.44. The van der Waals surface area contributed by atoms with Gasteiger partial charge in [-0.25, -0.2) is 0 Å². The Bertz CT molecular complexity index is 4260. The molecular weight excluding hydrogens is 889 g/mol. The Morgan fingerprint density at radius 1 is 0.189 bits per heavy atom. The molecule has 13 aromatic rings. The molecule has 0 bridgehead atoms. The van der Waals surface area contributed by atoms with Crippen molar-refractivity contribution in [2.75, 3.05) is 0 Å². The van der Waals surface area contributed by atoms with Gasteiger partial charge >= 0.3 is 0 Å². The SMILES string of the molecule is C(=C\c1ccccc1-c1cccc2ccccc12)/c1ccc(-c2c3ccccc3c(-c3ccc(/C=C/c4ccccc4-c4cccc5ccccc45)cc3)c3cc(-c4ccccc4-c4ccccc4)ccc23)cc1. The Hall–Kier alpha value is -9.62. The van der Waals surface area contributed by atoms with Gasteiger partial charge in [0, 0.05) is 0 Å². The largest absolute Gasteiger partial charge is 0.0622 e. The molecule has 346 valence electrons. The van der Waals surface area contributed by atoms with E-state index in [0.717, 1.165) is 11.1 Å². The van der Waals surface area contributed by atoms with Gasteiger partial charge < -0.3 is 0 Å². The van der Waals surface area contributed by atoms with Gasteiger partial charge in [0.15, 0.2) is 0 Å². The van der Waals surface area contributed by atoms with Gasteiger partial charge in [0.25, 0.3) is 0 Å². The van der Waals surface area contributed by atoms with Crippen LogP contribution in [-0.4, -0.2) is 0 Å². The number of benzene rings is 13. The molecule has 0 heterocycles. The summed E-state index contributed by atoms with van der Waals surface area (Å²) in [6, 6.07) is 102.